The highest BCUT2D eigenvalue weighted by atomic mass is 32.2. The second-order valence-corrected chi connectivity index (χ2v) is 10.0. The smallest absolute Gasteiger partial charge is 0.309 e. The second-order valence-electron chi connectivity index (χ2n) is 8.87. The standard InChI is InChI=1S/C25H27N3O2S/c1-23(2,3)30-22(29)17-25(10-5-13-28-25)24(9-4-12-27-24)11-15-31-21-7-6-19-8-14-26-18-20(19)16-21/h4-10,12-14,16,18H,11,15,17H2,1-3H3. The summed E-state index contributed by atoms with van der Waals surface area (Å²) in [5.74, 6) is 0.577. The third-order valence-electron chi connectivity index (χ3n) is 5.47. The first-order valence-electron chi connectivity index (χ1n) is 10.5. The number of rotatable bonds is 7. The van der Waals surface area contributed by atoms with Crippen molar-refractivity contribution in [1.29, 1.82) is 0 Å². The van der Waals surface area contributed by atoms with Gasteiger partial charge in [0.25, 0.3) is 0 Å². The van der Waals surface area contributed by atoms with Crippen LogP contribution in [0.15, 0.2) is 75.8 Å². The first kappa shape index (κ1) is 21.5. The summed E-state index contributed by atoms with van der Waals surface area (Å²) in [5.41, 5.74) is -1.89. The van der Waals surface area contributed by atoms with E-state index >= 15 is 0 Å². The molecule has 5 nitrogen and oxygen atoms in total. The molecule has 6 heteroatoms. The molecule has 160 valence electrons. The van der Waals surface area contributed by atoms with Crippen LogP contribution < -0.4 is 0 Å². The molecule has 0 bridgehead atoms. The highest BCUT2D eigenvalue weighted by Crippen LogP contribution is 2.43. The van der Waals surface area contributed by atoms with Gasteiger partial charge in [-0.2, -0.15) is 0 Å². The molecular formula is C25H27N3O2S. The van der Waals surface area contributed by atoms with Crippen molar-refractivity contribution in [2.75, 3.05) is 5.75 Å². The van der Waals surface area contributed by atoms with Crippen LogP contribution in [0.3, 0.4) is 0 Å². The summed E-state index contributed by atoms with van der Waals surface area (Å²) in [7, 11) is 0. The molecule has 0 spiro atoms. The molecule has 2 aromatic rings. The summed E-state index contributed by atoms with van der Waals surface area (Å²) < 4.78 is 5.61. The Morgan fingerprint density at radius 1 is 1.03 bits per heavy atom. The topological polar surface area (TPSA) is 63.9 Å². The van der Waals surface area contributed by atoms with Crippen LogP contribution in [0, 0.1) is 0 Å². The van der Waals surface area contributed by atoms with Crippen LogP contribution in [0.25, 0.3) is 10.8 Å². The molecule has 0 radical (unpaired) electrons. The van der Waals surface area contributed by atoms with Gasteiger partial charge in [0, 0.05) is 40.9 Å². The summed E-state index contributed by atoms with van der Waals surface area (Å²) >= 11 is 1.78. The minimum Gasteiger partial charge on any atom is -0.460 e. The second kappa shape index (κ2) is 8.42. The van der Waals surface area contributed by atoms with E-state index in [2.05, 4.69) is 29.3 Å². The molecule has 2 atom stereocenters. The van der Waals surface area contributed by atoms with Crippen molar-refractivity contribution in [2.24, 2.45) is 9.98 Å². The van der Waals surface area contributed by atoms with E-state index < -0.39 is 16.7 Å². The molecule has 2 aliphatic rings. The van der Waals surface area contributed by atoms with Crippen LogP contribution in [0.2, 0.25) is 0 Å². The highest BCUT2D eigenvalue weighted by molar-refractivity contribution is 7.99. The van der Waals surface area contributed by atoms with Gasteiger partial charge in [-0.1, -0.05) is 18.2 Å². The molecular weight excluding hydrogens is 406 g/mol. The number of hydrogen-bond donors (Lipinski definition) is 0. The maximum absolute atomic E-state index is 12.7. The van der Waals surface area contributed by atoms with Crippen LogP contribution in [0.5, 0.6) is 0 Å². The van der Waals surface area contributed by atoms with Crippen molar-refractivity contribution >= 4 is 40.9 Å². The minimum absolute atomic E-state index is 0.158. The third-order valence-corrected chi connectivity index (χ3v) is 6.47. The van der Waals surface area contributed by atoms with Crippen molar-refractivity contribution in [2.45, 2.75) is 55.2 Å². The molecule has 0 saturated heterocycles. The Kier molecular flexibility index (Phi) is 5.84. The van der Waals surface area contributed by atoms with Gasteiger partial charge in [-0.3, -0.25) is 19.8 Å². The van der Waals surface area contributed by atoms with E-state index in [0.29, 0.717) is 0 Å². The molecule has 2 aliphatic heterocycles. The lowest BCUT2D eigenvalue weighted by molar-refractivity contribution is -0.156. The van der Waals surface area contributed by atoms with Gasteiger partial charge in [-0.05, 0) is 62.9 Å². The lowest BCUT2D eigenvalue weighted by atomic mass is 9.74. The number of aromatic nitrogens is 1. The predicted molar refractivity (Wildman–Crippen MR) is 128 cm³/mol. The number of fused-ring (bicyclic) bond motifs is 1. The number of nitrogens with zero attached hydrogens (tertiary/aromatic N) is 3. The fourth-order valence-electron chi connectivity index (χ4n) is 4.05. The van der Waals surface area contributed by atoms with Gasteiger partial charge in [0.1, 0.15) is 16.7 Å². The van der Waals surface area contributed by atoms with Crippen LogP contribution >= 0.6 is 11.8 Å². The van der Waals surface area contributed by atoms with E-state index in [1.165, 1.54) is 10.3 Å². The van der Waals surface area contributed by atoms with Crippen LogP contribution in [0.1, 0.15) is 33.6 Å². The predicted octanol–water partition coefficient (Wildman–Crippen LogP) is 5.21. The van der Waals surface area contributed by atoms with Gasteiger partial charge >= 0.3 is 5.97 Å². The number of pyridine rings is 1. The Bertz CT molecular complexity index is 1070. The van der Waals surface area contributed by atoms with Crippen LogP contribution in [-0.4, -0.2) is 45.8 Å². The number of ether oxygens (including phenoxy) is 1. The van der Waals surface area contributed by atoms with Crippen LogP contribution in [0.4, 0.5) is 0 Å². The zero-order valence-corrected chi connectivity index (χ0v) is 18.9. The van der Waals surface area contributed by atoms with Gasteiger partial charge < -0.3 is 4.74 Å². The highest BCUT2D eigenvalue weighted by Gasteiger charge is 2.51. The van der Waals surface area contributed by atoms with Crippen molar-refractivity contribution in [3.8, 4) is 0 Å². The number of carbonyl (C=O) groups is 1. The van der Waals surface area contributed by atoms with Gasteiger partial charge in [0.2, 0.25) is 0 Å². The maximum atomic E-state index is 12.7. The summed E-state index contributed by atoms with van der Waals surface area (Å²) in [6, 6.07) is 8.44. The third kappa shape index (κ3) is 4.64. The molecule has 1 aromatic carbocycles. The number of benzene rings is 1. The Balaban J connectivity index is 1.51. The molecule has 0 saturated carbocycles. The fraction of sp³-hybridized carbons (Fsp3) is 0.360. The molecule has 0 aliphatic carbocycles. The van der Waals surface area contributed by atoms with Crippen molar-refractivity contribution in [3.05, 3.63) is 61.0 Å². The first-order chi connectivity index (χ1) is 14.8. The molecule has 31 heavy (non-hydrogen) atoms. The first-order valence-corrected chi connectivity index (χ1v) is 11.4. The Morgan fingerprint density at radius 2 is 1.77 bits per heavy atom. The number of esters is 1. The van der Waals surface area contributed by atoms with Gasteiger partial charge in [-0.15, -0.1) is 11.8 Å². The van der Waals surface area contributed by atoms with E-state index in [4.69, 9.17) is 14.7 Å². The van der Waals surface area contributed by atoms with Crippen molar-refractivity contribution < 1.29 is 9.53 Å². The molecule has 0 fully saturated rings. The van der Waals surface area contributed by atoms with E-state index in [1.807, 2.05) is 63.7 Å². The lowest BCUT2D eigenvalue weighted by Gasteiger charge is -2.39. The summed E-state index contributed by atoms with van der Waals surface area (Å²) in [6.45, 7) is 5.64. The normalized spacial score (nSPS) is 24.4. The average Bonchev–Trinajstić information content (AvgIpc) is 3.38. The Morgan fingerprint density at radius 3 is 2.45 bits per heavy atom. The number of allylic oxidation sites excluding steroid dienone is 2. The number of hydrogen-bond acceptors (Lipinski definition) is 6. The fourth-order valence-corrected chi connectivity index (χ4v) is 5.08. The van der Waals surface area contributed by atoms with Crippen molar-refractivity contribution in [3.63, 3.8) is 0 Å². The van der Waals surface area contributed by atoms with E-state index in [0.717, 1.165) is 17.6 Å². The number of carbonyl (C=O) groups excluding carboxylic acids is 1. The Hall–Kier alpha value is -2.73. The molecule has 3 heterocycles. The van der Waals surface area contributed by atoms with Gasteiger partial charge in [0.05, 0.1) is 6.42 Å². The van der Waals surface area contributed by atoms with Crippen LogP contribution in [-0.2, 0) is 9.53 Å². The zero-order valence-electron chi connectivity index (χ0n) is 18.1. The quantitative estimate of drug-likeness (QED) is 0.444. The van der Waals surface area contributed by atoms with Gasteiger partial charge in [0.15, 0.2) is 0 Å². The summed E-state index contributed by atoms with van der Waals surface area (Å²) in [4.78, 5) is 27.7. The maximum Gasteiger partial charge on any atom is 0.309 e. The summed E-state index contributed by atoms with van der Waals surface area (Å²) in [5, 5.41) is 2.31. The van der Waals surface area contributed by atoms with E-state index in [-0.39, 0.29) is 12.4 Å². The van der Waals surface area contributed by atoms with E-state index in [1.54, 1.807) is 18.0 Å². The zero-order chi connectivity index (χ0) is 22.0. The average molecular weight is 434 g/mol. The summed E-state index contributed by atoms with van der Waals surface area (Å²) in [6.07, 6.45) is 16.1. The monoisotopic (exact) mass is 433 g/mol. The molecule has 2 unspecified atom stereocenters. The number of thioether (sulfide) groups is 1. The van der Waals surface area contributed by atoms with Gasteiger partial charge in [-0.25, -0.2) is 0 Å². The molecule has 0 amide bonds. The number of aliphatic imine (C=N–C) groups is 2. The molecule has 4 rings (SSSR count). The minimum atomic E-state index is -0.757. The lowest BCUT2D eigenvalue weighted by Crippen LogP contribution is -2.50. The largest absolute Gasteiger partial charge is 0.460 e. The van der Waals surface area contributed by atoms with E-state index in [9.17, 15) is 4.79 Å². The SMILES string of the molecule is CC(C)(C)OC(=O)CC1(C2(CCSc3ccc4ccncc4c3)C=CC=N2)C=CC=N1. The Labute approximate surface area is 187 Å². The van der Waals surface area contributed by atoms with Crippen molar-refractivity contribution in [1.82, 2.24) is 4.98 Å². The molecule has 0 N–H and O–H groups in total. The molecule has 1 aromatic heterocycles.